The summed E-state index contributed by atoms with van der Waals surface area (Å²) >= 11 is 9.93. The molecule has 8 heteroatoms. The van der Waals surface area contributed by atoms with Gasteiger partial charge >= 0.3 is 0 Å². The van der Waals surface area contributed by atoms with Gasteiger partial charge in [0.1, 0.15) is 0 Å². The lowest BCUT2D eigenvalue weighted by Gasteiger charge is -2.26. The second-order valence-electron chi connectivity index (χ2n) is 6.93. The molecule has 2 N–H and O–H groups in total. The van der Waals surface area contributed by atoms with E-state index in [4.69, 9.17) is 29.2 Å². The molecular formula is C16H31N5OS2. The van der Waals surface area contributed by atoms with Crippen molar-refractivity contribution in [3.63, 3.8) is 0 Å². The summed E-state index contributed by atoms with van der Waals surface area (Å²) in [7, 11) is 2.19. The highest BCUT2D eigenvalue weighted by molar-refractivity contribution is 7.71. The van der Waals surface area contributed by atoms with E-state index >= 15 is 0 Å². The molecular weight excluding hydrogens is 342 g/mol. The molecule has 0 saturated carbocycles. The number of ether oxygens (including phenoxy) is 1. The number of nitrogens with one attached hydrogen (secondary N) is 2. The van der Waals surface area contributed by atoms with Gasteiger partial charge in [-0.3, -0.25) is 0 Å². The number of morpholine rings is 1. The number of rotatable bonds is 5. The Kier molecular flexibility index (Phi) is 9.65. The van der Waals surface area contributed by atoms with Gasteiger partial charge in [-0.2, -0.15) is 4.98 Å². The molecule has 0 radical (unpaired) electrons. The van der Waals surface area contributed by atoms with Crippen molar-refractivity contribution in [3.05, 3.63) is 9.54 Å². The minimum atomic E-state index is 0.412. The summed E-state index contributed by atoms with van der Waals surface area (Å²) in [6, 6.07) is 0. The predicted molar refractivity (Wildman–Crippen MR) is 105 cm³/mol. The van der Waals surface area contributed by atoms with Gasteiger partial charge in [0.05, 0.1) is 13.2 Å². The highest BCUT2D eigenvalue weighted by Crippen LogP contribution is 2.07. The van der Waals surface area contributed by atoms with E-state index in [0.29, 0.717) is 22.8 Å². The molecule has 1 aliphatic heterocycles. The third kappa shape index (κ3) is 8.86. The molecule has 2 heterocycles. The van der Waals surface area contributed by atoms with Crippen molar-refractivity contribution in [2.24, 2.45) is 11.8 Å². The minimum absolute atomic E-state index is 0.412. The zero-order valence-electron chi connectivity index (χ0n) is 15.5. The van der Waals surface area contributed by atoms with Crippen LogP contribution in [0.25, 0.3) is 0 Å². The van der Waals surface area contributed by atoms with Crippen LogP contribution >= 0.6 is 24.4 Å². The Morgan fingerprint density at radius 1 is 1.08 bits per heavy atom. The number of aromatic nitrogens is 3. The standard InChI is InChI=1S/C9H21N.C7H10N4OS2/c1-8(2)6-10(5)7-9(3)4;13-6-8-5(9-7(14)10-6)11-1-3-12-4-2-11/h8-9H,6-7H2,1-5H3;1-4H2,(H2,8,9,10,13,14). The van der Waals surface area contributed by atoms with Gasteiger partial charge in [0.2, 0.25) is 10.7 Å². The van der Waals surface area contributed by atoms with E-state index in [1.807, 2.05) is 0 Å². The maximum absolute atomic E-state index is 5.24. The summed E-state index contributed by atoms with van der Waals surface area (Å²) in [5, 5.41) is 0. The van der Waals surface area contributed by atoms with Gasteiger partial charge < -0.3 is 24.5 Å². The van der Waals surface area contributed by atoms with Crippen LogP contribution in [0.2, 0.25) is 0 Å². The van der Waals surface area contributed by atoms with Gasteiger partial charge in [0.25, 0.3) is 0 Å². The Hall–Kier alpha value is -0.830. The van der Waals surface area contributed by atoms with E-state index in [9.17, 15) is 0 Å². The van der Waals surface area contributed by atoms with E-state index in [1.165, 1.54) is 13.1 Å². The van der Waals surface area contributed by atoms with Crippen LogP contribution in [0.5, 0.6) is 0 Å². The fourth-order valence-electron chi connectivity index (χ4n) is 2.63. The number of hydrogen-bond donors (Lipinski definition) is 2. The lowest BCUT2D eigenvalue weighted by Crippen LogP contribution is -2.37. The average molecular weight is 374 g/mol. The van der Waals surface area contributed by atoms with Gasteiger partial charge in [0, 0.05) is 26.2 Å². The molecule has 1 aliphatic rings. The number of H-pyrrole nitrogens is 2. The molecule has 0 aliphatic carbocycles. The number of anilines is 1. The quantitative estimate of drug-likeness (QED) is 0.773. The zero-order chi connectivity index (χ0) is 18.1. The maximum atomic E-state index is 5.24. The SMILES string of the molecule is CC(C)CN(C)CC(C)C.S=c1nc(N2CCOCC2)[nH]c(=S)[nH]1. The molecule has 2 rings (SSSR count). The fourth-order valence-corrected chi connectivity index (χ4v) is 3.07. The highest BCUT2D eigenvalue weighted by atomic mass is 32.1. The van der Waals surface area contributed by atoms with E-state index in [-0.39, 0.29) is 0 Å². The molecule has 1 fully saturated rings. The average Bonchev–Trinajstić information content (AvgIpc) is 2.46. The van der Waals surface area contributed by atoms with Crippen molar-refractivity contribution in [1.29, 1.82) is 0 Å². The Balaban J connectivity index is 0.000000257. The van der Waals surface area contributed by atoms with Crippen molar-refractivity contribution in [1.82, 2.24) is 19.9 Å². The molecule has 1 saturated heterocycles. The molecule has 1 aromatic heterocycles. The van der Waals surface area contributed by atoms with Crippen LogP contribution in [-0.4, -0.2) is 66.3 Å². The van der Waals surface area contributed by atoms with Gasteiger partial charge in [-0.1, -0.05) is 27.7 Å². The topological polar surface area (TPSA) is 60.2 Å². The van der Waals surface area contributed by atoms with E-state index in [2.05, 4.69) is 59.5 Å². The summed E-state index contributed by atoms with van der Waals surface area (Å²) in [4.78, 5) is 14.4. The highest BCUT2D eigenvalue weighted by Gasteiger charge is 2.12. The largest absolute Gasteiger partial charge is 0.378 e. The van der Waals surface area contributed by atoms with Crippen LogP contribution in [0.4, 0.5) is 5.95 Å². The summed E-state index contributed by atoms with van der Waals surface area (Å²) in [5.74, 6) is 2.31. The van der Waals surface area contributed by atoms with Crippen LogP contribution in [0.1, 0.15) is 27.7 Å². The Morgan fingerprint density at radius 3 is 2.08 bits per heavy atom. The van der Waals surface area contributed by atoms with E-state index in [1.54, 1.807) is 0 Å². The summed E-state index contributed by atoms with van der Waals surface area (Å²) in [6.45, 7) is 14.5. The lowest BCUT2D eigenvalue weighted by molar-refractivity contribution is 0.122. The third-order valence-corrected chi connectivity index (χ3v) is 3.71. The third-order valence-electron chi connectivity index (χ3n) is 3.32. The molecule has 0 bridgehead atoms. The van der Waals surface area contributed by atoms with Crippen molar-refractivity contribution in [3.8, 4) is 0 Å². The summed E-state index contributed by atoms with van der Waals surface area (Å²) < 4.78 is 6.16. The summed E-state index contributed by atoms with van der Waals surface area (Å²) in [5.41, 5.74) is 0. The first-order chi connectivity index (χ1) is 11.3. The number of hydrogen-bond acceptors (Lipinski definition) is 6. The second-order valence-corrected chi connectivity index (χ2v) is 7.72. The Labute approximate surface area is 155 Å². The molecule has 6 nitrogen and oxygen atoms in total. The smallest absolute Gasteiger partial charge is 0.207 e. The first-order valence-electron chi connectivity index (χ1n) is 8.49. The first-order valence-corrected chi connectivity index (χ1v) is 9.31. The molecule has 138 valence electrons. The molecule has 24 heavy (non-hydrogen) atoms. The maximum Gasteiger partial charge on any atom is 0.207 e. The van der Waals surface area contributed by atoms with Gasteiger partial charge in [-0.05, 0) is 43.3 Å². The molecule has 0 amide bonds. The van der Waals surface area contributed by atoms with Crippen LogP contribution in [0.15, 0.2) is 0 Å². The van der Waals surface area contributed by atoms with Crippen molar-refractivity contribution >= 4 is 30.4 Å². The van der Waals surface area contributed by atoms with Crippen molar-refractivity contribution in [2.45, 2.75) is 27.7 Å². The number of aromatic amines is 2. The monoisotopic (exact) mass is 373 g/mol. The Bertz CT molecular complexity index is 540. The molecule has 1 aromatic rings. The van der Waals surface area contributed by atoms with Gasteiger partial charge in [-0.15, -0.1) is 0 Å². The van der Waals surface area contributed by atoms with E-state index in [0.717, 1.165) is 30.9 Å². The van der Waals surface area contributed by atoms with Crippen LogP contribution in [0, 0.1) is 21.4 Å². The molecule has 0 unspecified atom stereocenters. The minimum Gasteiger partial charge on any atom is -0.378 e. The van der Waals surface area contributed by atoms with Gasteiger partial charge in [-0.25, -0.2) is 0 Å². The molecule has 0 spiro atoms. The van der Waals surface area contributed by atoms with Crippen LogP contribution < -0.4 is 4.90 Å². The van der Waals surface area contributed by atoms with Gasteiger partial charge in [0.15, 0.2) is 4.77 Å². The lowest BCUT2D eigenvalue weighted by atomic mass is 10.1. The van der Waals surface area contributed by atoms with Crippen molar-refractivity contribution < 1.29 is 4.74 Å². The first kappa shape index (κ1) is 21.2. The number of nitrogens with zero attached hydrogens (tertiary/aromatic N) is 3. The van der Waals surface area contributed by atoms with E-state index < -0.39 is 0 Å². The molecule has 0 atom stereocenters. The van der Waals surface area contributed by atoms with Crippen molar-refractivity contribution in [2.75, 3.05) is 51.3 Å². The normalized spacial score (nSPS) is 14.9. The predicted octanol–water partition coefficient (Wildman–Crippen LogP) is 3.26. The fraction of sp³-hybridized carbons (Fsp3) is 0.812. The van der Waals surface area contributed by atoms with Crippen LogP contribution in [0.3, 0.4) is 0 Å². The Morgan fingerprint density at radius 2 is 1.62 bits per heavy atom. The summed E-state index contributed by atoms with van der Waals surface area (Å²) in [6.07, 6.45) is 0. The zero-order valence-corrected chi connectivity index (χ0v) is 17.1. The molecule has 0 aromatic carbocycles. The second kappa shape index (κ2) is 10.9. The van der Waals surface area contributed by atoms with Crippen LogP contribution in [-0.2, 0) is 4.74 Å².